The minimum atomic E-state index is -4.09. The summed E-state index contributed by atoms with van der Waals surface area (Å²) in [4.78, 5) is 28.5. The summed E-state index contributed by atoms with van der Waals surface area (Å²) < 4.78 is 40.5. The van der Waals surface area contributed by atoms with Crippen molar-refractivity contribution in [1.29, 1.82) is 0 Å². The fraction of sp³-hybridized carbons (Fsp3) is 0.410. The van der Waals surface area contributed by atoms with Gasteiger partial charge < -0.3 is 19.5 Å². The van der Waals surface area contributed by atoms with Crippen molar-refractivity contribution in [3.63, 3.8) is 0 Å². The number of fused-ring (bicyclic) bond motifs is 2. The number of aromatic nitrogens is 1. The molecule has 2 N–H and O–H groups in total. The molecule has 1 saturated carbocycles. The molecule has 3 aromatic carbocycles. The molecular formula is C39H44N4O6S. The van der Waals surface area contributed by atoms with Crippen LogP contribution >= 0.6 is 0 Å². The summed E-state index contributed by atoms with van der Waals surface area (Å²) in [5.41, 5.74) is 5.47. The van der Waals surface area contributed by atoms with Gasteiger partial charge in [-0.3, -0.25) is 4.79 Å². The van der Waals surface area contributed by atoms with Crippen molar-refractivity contribution >= 4 is 27.6 Å². The second kappa shape index (κ2) is 13.3. The van der Waals surface area contributed by atoms with E-state index in [2.05, 4.69) is 34.3 Å². The van der Waals surface area contributed by atoms with Gasteiger partial charge >= 0.3 is 6.03 Å². The van der Waals surface area contributed by atoms with Crippen LogP contribution in [-0.4, -0.2) is 48.6 Å². The van der Waals surface area contributed by atoms with Crippen LogP contribution in [0.5, 0.6) is 0 Å². The van der Waals surface area contributed by atoms with E-state index in [9.17, 15) is 18.0 Å². The van der Waals surface area contributed by atoms with Gasteiger partial charge in [-0.25, -0.2) is 17.9 Å². The Bertz CT molecular complexity index is 2000. The highest BCUT2D eigenvalue weighted by molar-refractivity contribution is 7.90. The average molecular weight is 697 g/mol. The fourth-order valence-electron chi connectivity index (χ4n) is 7.27. The Morgan fingerprint density at radius 1 is 0.940 bits per heavy atom. The molecule has 1 aliphatic carbocycles. The van der Waals surface area contributed by atoms with Crippen LogP contribution in [0.4, 0.5) is 10.5 Å². The number of aryl methyl sites for hydroxylation is 1. The van der Waals surface area contributed by atoms with Gasteiger partial charge in [0.15, 0.2) is 0 Å². The minimum absolute atomic E-state index is 0.00172. The maximum Gasteiger partial charge on any atom is 0.322 e. The number of rotatable bonds is 9. The zero-order valence-corrected chi connectivity index (χ0v) is 29.8. The first-order valence-corrected chi connectivity index (χ1v) is 18.9. The Balaban J connectivity index is 0.974. The van der Waals surface area contributed by atoms with Crippen LogP contribution in [0.2, 0.25) is 0 Å². The lowest BCUT2D eigenvalue weighted by Gasteiger charge is -2.38. The standard InChI is InChI=1S/C39H44N4O6S/c1-24-8-5-6-11-33(24)35-34(36(49-41-35)25-12-13-25)23-48-31-21-29-16-17-30(22-31)43(29)38(45)40-28-10-7-9-26(20-28)37(44)42-50(46,47)32-18-14-27(15-19-32)39(2,3)4/h5-11,14-15,18-20,25,29-31H,12-13,16-17,21-23H2,1-4H3,(H,40,45)(H,42,44). The van der Waals surface area contributed by atoms with Gasteiger partial charge in [-0.2, -0.15) is 0 Å². The van der Waals surface area contributed by atoms with Gasteiger partial charge in [-0.05, 0) is 92.3 Å². The number of ether oxygens (including phenoxy) is 1. The molecule has 2 unspecified atom stereocenters. The van der Waals surface area contributed by atoms with Crippen LogP contribution in [-0.2, 0) is 26.8 Å². The van der Waals surface area contributed by atoms with Gasteiger partial charge in [-0.1, -0.05) is 68.4 Å². The van der Waals surface area contributed by atoms with Crippen LogP contribution in [0.25, 0.3) is 11.3 Å². The van der Waals surface area contributed by atoms with E-state index in [1.54, 1.807) is 24.3 Å². The van der Waals surface area contributed by atoms with Gasteiger partial charge in [-0.15, -0.1) is 0 Å². The summed E-state index contributed by atoms with van der Waals surface area (Å²) in [6, 6.07) is 20.8. The Morgan fingerprint density at radius 2 is 1.64 bits per heavy atom. The number of nitrogens with one attached hydrogen (secondary N) is 2. The van der Waals surface area contributed by atoms with Crippen molar-refractivity contribution in [3.8, 4) is 11.3 Å². The van der Waals surface area contributed by atoms with Crippen molar-refractivity contribution in [2.75, 3.05) is 5.32 Å². The average Bonchev–Trinajstić information content (AvgIpc) is 3.78. The number of anilines is 1. The van der Waals surface area contributed by atoms with E-state index >= 15 is 0 Å². The molecule has 3 heterocycles. The Kier molecular flexibility index (Phi) is 9.07. The maximum atomic E-state index is 13.6. The molecule has 3 aliphatic rings. The predicted octanol–water partition coefficient (Wildman–Crippen LogP) is 7.69. The minimum Gasteiger partial charge on any atom is -0.373 e. The summed E-state index contributed by atoms with van der Waals surface area (Å²) in [6.45, 7) is 8.62. The molecule has 4 aromatic rings. The lowest BCUT2D eigenvalue weighted by molar-refractivity contribution is -0.0158. The number of benzene rings is 3. The number of carbonyl (C=O) groups excluding carboxylic acids is 2. The Hall–Kier alpha value is -4.48. The normalized spacial score (nSPS) is 20.5. The monoisotopic (exact) mass is 696 g/mol. The second-order valence-electron chi connectivity index (χ2n) is 14.9. The molecule has 11 heteroatoms. The molecule has 2 atom stereocenters. The predicted molar refractivity (Wildman–Crippen MR) is 190 cm³/mol. The van der Waals surface area contributed by atoms with Crippen LogP contribution < -0.4 is 10.0 Å². The highest BCUT2D eigenvalue weighted by Crippen LogP contribution is 2.45. The molecule has 7 rings (SSSR count). The lowest BCUT2D eigenvalue weighted by Crippen LogP contribution is -2.50. The first-order chi connectivity index (χ1) is 23.9. The van der Waals surface area contributed by atoms with Crippen molar-refractivity contribution in [1.82, 2.24) is 14.8 Å². The van der Waals surface area contributed by atoms with E-state index in [0.717, 1.165) is 72.2 Å². The van der Waals surface area contributed by atoms with E-state index in [0.29, 0.717) is 18.2 Å². The van der Waals surface area contributed by atoms with Gasteiger partial charge in [0.25, 0.3) is 15.9 Å². The van der Waals surface area contributed by atoms with Gasteiger partial charge in [0.2, 0.25) is 0 Å². The fourth-order valence-corrected chi connectivity index (χ4v) is 8.25. The summed E-state index contributed by atoms with van der Waals surface area (Å²) >= 11 is 0. The first kappa shape index (κ1) is 34.0. The molecule has 2 saturated heterocycles. The molecule has 2 bridgehead atoms. The number of urea groups is 1. The summed E-state index contributed by atoms with van der Waals surface area (Å²) in [5, 5.41) is 7.42. The zero-order valence-electron chi connectivity index (χ0n) is 28.9. The Morgan fingerprint density at radius 3 is 2.30 bits per heavy atom. The van der Waals surface area contributed by atoms with Gasteiger partial charge in [0.05, 0.1) is 17.6 Å². The number of piperidine rings is 1. The number of hydrogen-bond acceptors (Lipinski definition) is 7. The number of amides is 3. The lowest BCUT2D eigenvalue weighted by atomic mass is 9.87. The molecule has 0 spiro atoms. The van der Waals surface area contributed by atoms with E-state index in [1.165, 1.54) is 24.3 Å². The third kappa shape index (κ3) is 7.07. The van der Waals surface area contributed by atoms with Crippen molar-refractivity contribution < 1.29 is 27.3 Å². The summed E-state index contributed by atoms with van der Waals surface area (Å²) in [6.07, 6.45) is 5.45. The molecule has 262 valence electrons. The molecule has 3 fully saturated rings. The third-order valence-corrected chi connectivity index (χ3v) is 11.5. The molecule has 3 amide bonds. The SMILES string of the molecule is Cc1ccccc1-c1noc(C2CC2)c1COC1CC2CCC(C1)N2C(=O)Nc1cccc(C(=O)NS(=O)(=O)c2ccc(C(C)(C)C)cc2)c1. The van der Waals surface area contributed by atoms with E-state index < -0.39 is 15.9 Å². The number of hydrogen-bond donors (Lipinski definition) is 2. The second-order valence-corrected chi connectivity index (χ2v) is 16.6. The molecular weight excluding hydrogens is 653 g/mol. The van der Waals surface area contributed by atoms with Crippen molar-refractivity contribution in [2.45, 2.75) is 107 Å². The van der Waals surface area contributed by atoms with Crippen LogP contribution in [0, 0.1) is 6.92 Å². The van der Waals surface area contributed by atoms with Crippen LogP contribution in [0.15, 0.2) is 82.2 Å². The third-order valence-electron chi connectivity index (χ3n) is 10.2. The molecule has 50 heavy (non-hydrogen) atoms. The molecule has 10 nitrogen and oxygen atoms in total. The largest absolute Gasteiger partial charge is 0.373 e. The van der Waals surface area contributed by atoms with E-state index in [1.807, 2.05) is 37.8 Å². The van der Waals surface area contributed by atoms with Crippen molar-refractivity contribution in [3.05, 3.63) is 101 Å². The first-order valence-electron chi connectivity index (χ1n) is 17.4. The van der Waals surface area contributed by atoms with Crippen molar-refractivity contribution in [2.24, 2.45) is 0 Å². The van der Waals surface area contributed by atoms with E-state index in [-0.39, 0.29) is 40.1 Å². The number of nitrogens with zero attached hydrogens (tertiary/aromatic N) is 2. The van der Waals surface area contributed by atoms with E-state index in [4.69, 9.17) is 9.26 Å². The highest BCUT2D eigenvalue weighted by Gasteiger charge is 2.44. The smallest absolute Gasteiger partial charge is 0.322 e. The maximum absolute atomic E-state index is 13.6. The van der Waals surface area contributed by atoms with Crippen LogP contribution in [0.1, 0.15) is 98.0 Å². The summed E-state index contributed by atoms with van der Waals surface area (Å²) in [7, 11) is -4.09. The Labute approximate surface area is 293 Å². The quantitative estimate of drug-likeness (QED) is 0.184. The highest BCUT2D eigenvalue weighted by atomic mass is 32.2. The van der Waals surface area contributed by atoms with Crippen LogP contribution in [0.3, 0.4) is 0 Å². The topological polar surface area (TPSA) is 131 Å². The number of carbonyl (C=O) groups is 2. The summed E-state index contributed by atoms with van der Waals surface area (Å²) in [5.74, 6) is 0.564. The molecule has 0 radical (unpaired) electrons. The zero-order chi connectivity index (χ0) is 35.2. The number of sulfonamides is 1. The van der Waals surface area contributed by atoms with Gasteiger partial charge in [0, 0.05) is 40.4 Å². The van der Waals surface area contributed by atoms with Gasteiger partial charge in [0.1, 0.15) is 11.5 Å². The molecule has 2 aliphatic heterocycles. The molecule has 1 aromatic heterocycles.